The SMILES string of the molecule is CSCCCCCCNC(C(=O)O)C(C)C. The van der Waals surface area contributed by atoms with E-state index in [-0.39, 0.29) is 5.92 Å². The molecule has 0 aliphatic heterocycles. The van der Waals surface area contributed by atoms with Gasteiger partial charge in [0.2, 0.25) is 0 Å². The smallest absolute Gasteiger partial charge is 0.320 e. The summed E-state index contributed by atoms with van der Waals surface area (Å²) in [6, 6.07) is -0.397. The number of carboxylic acid groups (broad SMARTS) is 1. The largest absolute Gasteiger partial charge is 0.480 e. The molecule has 0 rings (SSSR count). The van der Waals surface area contributed by atoms with E-state index < -0.39 is 12.0 Å². The molecule has 2 N–H and O–H groups in total. The zero-order valence-electron chi connectivity index (χ0n) is 10.7. The van der Waals surface area contributed by atoms with Crippen LogP contribution in [0.15, 0.2) is 0 Å². The fourth-order valence-corrected chi connectivity index (χ4v) is 2.08. The Morgan fingerprint density at radius 2 is 1.88 bits per heavy atom. The van der Waals surface area contributed by atoms with Gasteiger partial charge in [0.05, 0.1) is 0 Å². The lowest BCUT2D eigenvalue weighted by atomic mass is 10.0. The van der Waals surface area contributed by atoms with E-state index in [1.54, 1.807) is 0 Å². The minimum Gasteiger partial charge on any atom is -0.480 e. The van der Waals surface area contributed by atoms with Gasteiger partial charge in [0, 0.05) is 0 Å². The van der Waals surface area contributed by atoms with Crippen molar-refractivity contribution in [1.29, 1.82) is 0 Å². The third-order valence-electron chi connectivity index (χ3n) is 2.57. The van der Waals surface area contributed by atoms with Crippen molar-refractivity contribution in [3.05, 3.63) is 0 Å². The van der Waals surface area contributed by atoms with E-state index in [1.165, 1.54) is 25.0 Å². The second-order valence-corrected chi connectivity index (χ2v) is 5.41. The van der Waals surface area contributed by atoms with Gasteiger partial charge in [-0.15, -0.1) is 0 Å². The van der Waals surface area contributed by atoms with Gasteiger partial charge < -0.3 is 10.4 Å². The van der Waals surface area contributed by atoms with E-state index in [0.29, 0.717) is 0 Å². The maximum Gasteiger partial charge on any atom is 0.320 e. The molecule has 1 atom stereocenters. The zero-order chi connectivity index (χ0) is 12.4. The van der Waals surface area contributed by atoms with Crippen molar-refractivity contribution in [2.75, 3.05) is 18.6 Å². The number of rotatable bonds is 10. The van der Waals surface area contributed by atoms with Crippen LogP contribution in [0.5, 0.6) is 0 Å². The summed E-state index contributed by atoms with van der Waals surface area (Å²) in [5, 5.41) is 12.1. The Kier molecular flexibility index (Phi) is 9.83. The third kappa shape index (κ3) is 7.99. The first-order valence-electron chi connectivity index (χ1n) is 6.04. The van der Waals surface area contributed by atoms with Crippen molar-refractivity contribution in [2.45, 2.75) is 45.6 Å². The molecule has 0 aromatic carbocycles. The van der Waals surface area contributed by atoms with Gasteiger partial charge >= 0.3 is 5.97 Å². The molecule has 1 unspecified atom stereocenters. The molecular formula is C12H25NO2S. The minimum atomic E-state index is -0.739. The molecule has 96 valence electrons. The number of carboxylic acids is 1. The number of hydrogen-bond donors (Lipinski definition) is 2. The predicted molar refractivity (Wildman–Crippen MR) is 71.1 cm³/mol. The van der Waals surface area contributed by atoms with Crippen LogP contribution >= 0.6 is 11.8 Å². The van der Waals surface area contributed by atoms with Crippen molar-refractivity contribution in [3.63, 3.8) is 0 Å². The first-order chi connectivity index (χ1) is 7.59. The van der Waals surface area contributed by atoms with Crippen LogP contribution in [-0.4, -0.2) is 35.7 Å². The highest BCUT2D eigenvalue weighted by Crippen LogP contribution is 2.05. The Balaban J connectivity index is 3.45. The van der Waals surface area contributed by atoms with Gasteiger partial charge in [0.25, 0.3) is 0 Å². The Labute approximate surface area is 103 Å². The molecule has 0 bridgehead atoms. The van der Waals surface area contributed by atoms with Gasteiger partial charge in [-0.05, 0) is 37.3 Å². The molecule has 16 heavy (non-hydrogen) atoms. The zero-order valence-corrected chi connectivity index (χ0v) is 11.5. The molecule has 0 aliphatic rings. The third-order valence-corrected chi connectivity index (χ3v) is 3.27. The molecule has 0 aromatic heterocycles. The Morgan fingerprint density at radius 3 is 2.38 bits per heavy atom. The van der Waals surface area contributed by atoms with E-state index in [1.807, 2.05) is 25.6 Å². The van der Waals surface area contributed by atoms with Crippen LogP contribution in [0.1, 0.15) is 39.5 Å². The number of carbonyl (C=O) groups is 1. The number of unbranched alkanes of at least 4 members (excludes halogenated alkanes) is 3. The highest BCUT2D eigenvalue weighted by Gasteiger charge is 2.19. The molecule has 0 fully saturated rings. The van der Waals surface area contributed by atoms with Crippen LogP contribution in [-0.2, 0) is 4.79 Å². The van der Waals surface area contributed by atoms with E-state index in [9.17, 15) is 4.79 Å². The predicted octanol–water partition coefficient (Wildman–Crippen LogP) is 2.61. The normalized spacial score (nSPS) is 13.0. The van der Waals surface area contributed by atoms with Gasteiger partial charge in [-0.3, -0.25) is 4.79 Å². The first-order valence-corrected chi connectivity index (χ1v) is 7.44. The molecule has 0 saturated carbocycles. The molecular weight excluding hydrogens is 222 g/mol. The highest BCUT2D eigenvalue weighted by atomic mass is 32.2. The number of thioether (sulfide) groups is 1. The Hall–Kier alpha value is -0.220. The maximum atomic E-state index is 10.9. The minimum absolute atomic E-state index is 0.147. The summed E-state index contributed by atoms with van der Waals surface area (Å²) in [7, 11) is 0. The summed E-state index contributed by atoms with van der Waals surface area (Å²) >= 11 is 1.88. The van der Waals surface area contributed by atoms with Crippen LogP contribution in [0.3, 0.4) is 0 Å². The van der Waals surface area contributed by atoms with E-state index >= 15 is 0 Å². The van der Waals surface area contributed by atoms with Crippen molar-refractivity contribution < 1.29 is 9.90 Å². The molecule has 0 aromatic rings. The van der Waals surface area contributed by atoms with Crippen molar-refractivity contribution in [2.24, 2.45) is 5.92 Å². The summed E-state index contributed by atoms with van der Waals surface area (Å²) in [4.78, 5) is 10.9. The lowest BCUT2D eigenvalue weighted by Crippen LogP contribution is -2.41. The quantitative estimate of drug-likeness (QED) is 0.583. The summed E-state index contributed by atoms with van der Waals surface area (Å²) in [6.45, 7) is 4.68. The fraction of sp³-hybridized carbons (Fsp3) is 0.917. The lowest BCUT2D eigenvalue weighted by molar-refractivity contribution is -0.140. The average molecular weight is 247 g/mol. The van der Waals surface area contributed by atoms with E-state index in [2.05, 4.69) is 11.6 Å². The maximum absolute atomic E-state index is 10.9. The van der Waals surface area contributed by atoms with Gasteiger partial charge in [-0.25, -0.2) is 0 Å². The molecule has 4 heteroatoms. The molecule has 0 spiro atoms. The number of nitrogens with one attached hydrogen (secondary N) is 1. The number of aliphatic carboxylic acids is 1. The average Bonchev–Trinajstić information content (AvgIpc) is 2.21. The van der Waals surface area contributed by atoms with Crippen molar-refractivity contribution >= 4 is 17.7 Å². The summed E-state index contributed by atoms with van der Waals surface area (Å²) < 4.78 is 0. The number of hydrogen-bond acceptors (Lipinski definition) is 3. The summed E-state index contributed by atoms with van der Waals surface area (Å²) in [5.41, 5.74) is 0. The molecule has 0 radical (unpaired) electrons. The highest BCUT2D eigenvalue weighted by molar-refractivity contribution is 7.98. The molecule has 0 amide bonds. The van der Waals surface area contributed by atoms with E-state index in [0.717, 1.165) is 13.0 Å². The topological polar surface area (TPSA) is 49.3 Å². The second kappa shape index (κ2) is 9.97. The van der Waals surface area contributed by atoms with Gasteiger partial charge in [-0.2, -0.15) is 11.8 Å². The van der Waals surface area contributed by atoms with Gasteiger partial charge in [-0.1, -0.05) is 26.7 Å². The van der Waals surface area contributed by atoms with Crippen LogP contribution in [0, 0.1) is 5.92 Å². The van der Waals surface area contributed by atoms with Gasteiger partial charge in [0.1, 0.15) is 6.04 Å². The fourth-order valence-electron chi connectivity index (χ4n) is 1.59. The van der Waals surface area contributed by atoms with Crippen molar-refractivity contribution in [1.82, 2.24) is 5.32 Å². The molecule has 0 saturated heterocycles. The molecule has 0 heterocycles. The van der Waals surface area contributed by atoms with Gasteiger partial charge in [0.15, 0.2) is 0 Å². The van der Waals surface area contributed by atoms with E-state index in [4.69, 9.17) is 5.11 Å². The van der Waals surface area contributed by atoms with Crippen LogP contribution < -0.4 is 5.32 Å². The standard InChI is InChI=1S/C12H25NO2S/c1-10(2)11(12(14)15)13-8-6-4-5-7-9-16-3/h10-11,13H,4-9H2,1-3H3,(H,14,15). The second-order valence-electron chi connectivity index (χ2n) is 4.42. The van der Waals surface area contributed by atoms with Crippen molar-refractivity contribution in [3.8, 4) is 0 Å². The Bertz CT molecular complexity index is 186. The lowest BCUT2D eigenvalue weighted by Gasteiger charge is -2.17. The summed E-state index contributed by atoms with van der Waals surface area (Å²) in [6.07, 6.45) is 6.92. The van der Waals surface area contributed by atoms with Crippen LogP contribution in [0.2, 0.25) is 0 Å². The molecule has 3 nitrogen and oxygen atoms in total. The monoisotopic (exact) mass is 247 g/mol. The summed E-state index contributed by atoms with van der Waals surface area (Å²) in [5.74, 6) is 0.642. The first kappa shape index (κ1) is 15.8. The molecule has 0 aliphatic carbocycles. The van der Waals surface area contributed by atoms with Crippen LogP contribution in [0.25, 0.3) is 0 Å². The Morgan fingerprint density at radius 1 is 1.25 bits per heavy atom. The van der Waals surface area contributed by atoms with Crippen LogP contribution in [0.4, 0.5) is 0 Å².